The maximum Gasteiger partial charge on any atom is 0.259 e. The zero-order valence-electron chi connectivity index (χ0n) is 14.1. The summed E-state index contributed by atoms with van der Waals surface area (Å²) in [4.78, 5) is 24.6. The number of aryl methyl sites for hydroxylation is 1. The van der Waals surface area contributed by atoms with Crippen LogP contribution in [0, 0.1) is 10.5 Å². The highest BCUT2D eigenvalue weighted by molar-refractivity contribution is 14.1. The quantitative estimate of drug-likeness (QED) is 0.639. The minimum Gasteiger partial charge on any atom is -0.496 e. The average Bonchev–Trinajstić information content (AvgIpc) is 2.58. The van der Waals surface area contributed by atoms with Crippen LogP contribution in [0.2, 0.25) is 5.02 Å². The minimum atomic E-state index is -0.355. The largest absolute Gasteiger partial charge is 0.496 e. The van der Waals surface area contributed by atoms with E-state index in [4.69, 9.17) is 16.3 Å². The van der Waals surface area contributed by atoms with Gasteiger partial charge in [-0.15, -0.1) is 0 Å². The smallest absolute Gasteiger partial charge is 0.259 e. The second kappa shape index (κ2) is 8.53. The summed E-state index contributed by atoms with van der Waals surface area (Å²) in [5.41, 5.74) is 2.22. The van der Waals surface area contributed by atoms with Crippen molar-refractivity contribution in [3.05, 3.63) is 55.6 Å². The fourth-order valence-electron chi connectivity index (χ4n) is 2.23. The summed E-state index contributed by atoms with van der Waals surface area (Å²) >= 11 is 8.20. The summed E-state index contributed by atoms with van der Waals surface area (Å²) in [6.07, 6.45) is 0. The normalized spacial score (nSPS) is 10.3. The van der Waals surface area contributed by atoms with E-state index in [0.29, 0.717) is 34.1 Å². The van der Waals surface area contributed by atoms with Gasteiger partial charge in [0, 0.05) is 21.4 Å². The average molecular weight is 473 g/mol. The third-order valence-electron chi connectivity index (χ3n) is 3.57. The lowest BCUT2D eigenvalue weighted by Gasteiger charge is -2.13. The van der Waals surface area contributed by atoms with Crippen molar-refractivity contribution in [2.24, 2.45) is 0 Å². The summed E-state index contributed by atoms with van der Waals surface area (Å²) in [5, 5.41) is 6.03. The highest BCUT2D eigenvalue weighted by Crippen LogP contribution is 2.29. The lowest BCUT2D eigenvalue weighted by molar-refractivity contribution is 0.0954. The number of amides is 2. The van der Waals surface area contributed by atoms with E-state index in [1.807, 2.05) is 13.8 Å². The number of benzene rings is 2. The predicted octanol–water partition coefficient (Wildman–Crippen LogP) is 4.26. The molecule has 0 saturated heterocycles. The highest BCUT2D eigenvalue weighted by Gasteiger charge is 2.17. The molecule has 0 aromatic heterocycles. The van der Waals surface area contributed by atoms with Crippen molar-refractivity contribution in [3.63, 3.8) is 0 Å². The van der Waals surface area contributed by atoms with Gasteiger partial charge in [-0.05, 0) is 66.3 Å². The number of anilines is 1. The molecular formula is C18H18ClIN2O3. The minimum absolute atomic E-state index is 0.187. The van der Waals surface area contributed by atoms with E-state index in [1.165, 1.54) is 7.11 Å². The molecule has 0 unspecified atom stereocenters. The number of halogens is 2. The van der Waals surface area contributed by atoms with Crippen LogP contribution in [-0.4, -0.2) is 25.5 Å². The number of rotatable bonds is 5. The van der Waals surface area contributed by atoms with E-state index >= 15 is 0 Å². The number of carbonyl (C=O) groups excluding carboxylic acids is 2. The number of carbonyl (C=O) groups is 2. The Morgan fingerprint density at radius 3 is 2.56 bits per heavy atom. The number of nitrogens with one attached hydrogen (secondary N) is 2. The van der Waals surface area contributed by atoms with Gasteiger partial charge in [-0.2, -0.15) is 0 Å². The lowest BCUT2D eigenvalue weighted by atomic mass is 10.1. The van der Waals surface area contributed by atoms with Crippen LogP contribution in [0.25, 0.3) is 0 Å². The van der Waals surface area contributed by atoms with Crippen LogP contribution in [0.4, 0.5) is 5.69 Å². The van der Waals surface area contributed by atoms with Gasteiger partial charge in [0.15, 0.2) is 0 Å². The lowest BCUT2D eigenvalue weighted by Crippen LogP contribution is -2.23. The molecule has 5 nitrogen and oxygen atoms in total. The van der Waals surface area contributed by atoms with Gasteiger partial charge >= 0.3 is 0 Å². The van der Waals surface area contributed by atoms with Crippen molar-refractivity contribution in [1.82, 2.24) is 5.32 Å². The Morgan fingerprint density at radius 1 is 1.20 bits per heavy atom. The van der Waals surface area contributed by atoms with Gasteiger partial charge in [0.2, 0.25) is 0 Å². The SMILES string of the molecule is CCNC(=O)c1ccc(C)c(NC(=O)c2cc(Cl)c(I)cc2OC)c1. The second-order valence-electron chi connectivity index (χ2n) is 5.31. The number of hydrogen-bond donors (Lipinski definition) is 2. The van der Waals surface area contributed by atoms with E-state index in [9.17, 15) is 9.59 Å². The van der Waals surface area contributed by atoms with Gasteiger partial charge in [-0.3, -0.25) is 9.59 Å². The van der Waals surface area contributed by atoms with E-state index in [1.54, 1.807) is 30.3 Å². The molecule has 0 aliphatic carbocycles. The Balaban J connectivity index is 2.33. The summed E-state index contributed by atoms with van der Waals surface area (Å²) in [5.74, 6) is -0.108. The molecule has 2 aromatic carbocycles. The number of methoxy groups -OCH3 is 1. The first kappa shape index (κ1) is 19.5. The van der Waals surface area contributed by atoms with Gasteiger partial charge in [0.1, 0.15) is 5.75 Å². The Kier molecular flexibility index (Phi) is 6.66. The molecule has 2 N–H and O–H groups in total. The Morgan fingerprint density at radius 2 is 1.92 bits per heavy atom. The van der Waals surface area contributed by atoms with Crippen molar-refractivity contribution in [1.29, 1.82) is 0 Å². The molecule has 0 bridgehead atoms. The predicted molar refractivity (Wildman–Crippen MR) is 108 cm³/mol. The first-order chi connectivity index (χ1) is 11.9. The van der Waals surface area contributed by atoms with Crippen LogP contribution in [0.15, 0.2) is 30.3 Å². The third-order valence-corrected chi connectivity index (χ3v) is 5.10. The van der Waals surface area contributed by atoms with Gasteiger partial charge in [-0.25, -0.2) is 0 Å². The van der Waals surface area contributed by atoms with Crippen LogP contribution in [0.5, 0.6) is 5.75 Å². The third kappa shape index (κ3) is 4.64. The van der Waals surface area contributed by atoms with Crippen LogP contribution in [0.1, 0.15) is 33.2 Å². The summed E-state index contributed by atoms with van der Waals surface area (Å²) in [7, 11) is 1.50. The van der Waals surface area contributed by atoms with Crippen molar-refractivity contribution in [3.8, 4) is 5.75 Å². The molecule has 0 fully saturated rings. The Bertz CT molecular complexity index is 824. The Labute approximate surface area is 165 Å². The second-order valence-corrected chi connectivity index (χ2v) is 6.88. The molecule has 0 aliphatic heterocycles. The molecule has 0 spiro atoms. The van der Waals surface area contributed by atoms with Crippen molar-refractivity contribution < 1.29 is 14.3 Å². The van der Waals surface area contributed by atoms with Gasteiger partial charge in [0.05, 0.1) is 17.7 Å². The molecule has 0 radical (unpaired) electrons. The van der Waals surface area contributed by atoms with Crippen LogP contribution in [0.3, 0.4) is 0 Å². The van der Waals surface area contributed by atoms with Gasteiger partial charge < -0.3 is 15.4 Å². The van der Waals surface area contributed by atoms with Crippen LogP contribution < -0.4 is 15.4 Å². The zero-order chi connectivity index (χ0) is 18.6. The van der Waals surface area contributed by atoms with Crippen molar-refractivity contribution >= 4 is 51.7 Å². The molecule has 132 valence electrons. The fraction of sp³-hybridized carbons (Fsp3) is 0.222. The van der Waals surface area contributed by atoms with Gasteiger partial charge in [0.25, 0.3) is 11.8 Å². The number of ether oxygens (including phenoxy) is 1. The maximum atomic E-state index is 12.7. The van der Waals surface area contributed by atoms with E-state index in [2.05, 4.69) is 33.2 Å². The molecule has 2 aromatic rings. The summed E-state index contributed by atoms with van der Waals surface area (Å²) in [6.45, 7) is 4.24. The standard InChI is InChI=1S/C18H18ClIN2O3/c1-4-21-17(23)11-6-5-10(2)15(7-11)22-18(24)12-8-13(19)14(20)9-16(12)25-3/h5-9H,4H2,1-3H3,(H,21,23)(H,22,24). The van der Waals surface area contributed by atoms with Crippen LogP contribution >= 0.6 is 34.2 Å². The molecule has 7 heteroatoms. The van der Waals surface area contributed by atoms with Crippen LogP contribution in [-0.2, 0) is 0 Å². The highest BCUT2D eigenvalue weighted by atomic mass is 127. The summed E-state index contributed by atoms with van der Waals surface area (Å²) < 4.78 is 6.07. The first-order valence-corrected chi connectivity index (χ1v) is 9.06. The van der Waals surface area contributed by atoms with Gasteiger partial charge in [-0.1, -0.05) is 17.7 Å². The monoisotopic (exact) mass is 472 g/mol. The number of hydrogen-bond acceptors (Lipinski definition) is 3. The molecule has 2 rings (SSSR count). The fourth-order valence-corrected chi connectivity index (χ4v) is 2.83. The molecule has 0 heterocycles. The van der Waals surface area contributed by atoms with E-state index < -0.39 is 0 Å². The molecule has 0 aliphatic rings. The Hall–Kier alpha value is -1.80. The van der Waals surface area contributed by atoms with E-state index in [0.717, 1.165) is 9.13 Å². The molecule has 2 amide bonds. The zero-order valence-corrected chi connectivity index (χ0v) is 17.0. The maximum absolute atomic E-state index is 12.7. The molecule has 0 saturated carbocycles. The van der Waals surface area contributed by atoms with Crippen molar-refractivity contribution in [2.45, 2.75) is 13.8 Å². The van der Waals surface area contributed by atoms with Crippen molar-refractivity contribution in [2.75, 3.05) is 19.0 Å². The summed E-state index contributed by atoms with van der Waals surface area (Å²) in [6, 6.07) is 8.44. The first-order valence-electron chi connectivity index (χ1n) is 7.60. The topological polar surface area (TPSA) is 67.4 Å². The molecular weight excluding hydrogens is 455 g/mol. The van der Waals surface area contributed by atoms with E-state index in [-0.39, 0.29) is 11.8 Å². The molecule has 0 atom stereocenters. The molecule has 25 heavy (non-hydrogen) atoms.